The average molecular weight is 445 g/mol. The van der Waals surface area contributed by atoms with Gasteiger partial charge in [-0.15, -0.1) is 11.3 Å². The lowest BCUT2D eigenvalue weighted by atomic mass is 10.0. The van der Waals surface area contributed by atoms with Crippen LogP contribution in [0.3, 0.4) is 0 Å². The first-order valence-corrected chi connectivity index (χ1v) is 11.5. The fraction of sp³-hybridized carbons (Fsp3) is 0.318. The largest absolute Gasteiger partial charge is 0.493 e. The molecule has 0 aliphatic rings. The Balaban J connectivity index is 1.63. The highest BCUT2D eigenvalue weighted by molar-refractivity contribution is 7.14. The van der Waals surface area contributed by atoms with Crippen molar-refractivity contribution in [2.45, 2.75) is 33.4 Å². The molecular formula is C22H24N2O4S2. The van der Waals surface area contributed by atoms with Gasteiger partial charge in [0.15, 0.2) is 0 Å². The number of aromatic nitrogens is 1. The predicted octanol–water partition coefficient (Wildman–Crippen LogP) is 4.77. The van der Waals surface area contributed by atoms with E-state index in [2.05, 4.69) is 10.3 Å². The van der Waals surface area contributed by atoms with E-state index in [0.29, 0.717) is 23.6 Å². The standard InChI is InChI=1S/C22H24N2O4S2/c1-4-27-18-8-6-5-7-17(18)20(25)24-19(14(2)3)22(26)28-11-16-13-30-21(23-16)15-9-10-29-12-15/h5-10,12-14,19H,4,11H2,1-3H3,(H,24,25)/t19-/m0/s1. The Morgan fingerprint density at radius 1 is 1.17 bits per heavy atom. The van der Waals surface area contributed by atoms with E-state index < -0.39 is 12.0 Å². The normalized spacial score (nSPS) is 11.9. The molecule has 3 aromatic rings. The third kappa shape index (κ3) is 5.46. The van der Waals surface area contributed by atoms with Crippen LogP contribution in [-0.4, -0.2) is 29.5 Å². The summed E-state index contributed by atoms with van der Waals surface area (Å²) in [6.45, 7) is 6.08. The van der Waals surface area contributed by atoms with Gasteiger partial charge in [-0.25, -0.2) is 9.78 Å². The smallest absolute Gasteiger partial charge is 0.329 e. The van der Waals surface area contributed by atoms with E-state index in [1.54, 1.807) is 35.6 Å². The molecule has 158 valence electrons. The molecular weight excluding hydrogens is 420 g/mol. The molecule has 0 unspecified atom stereocenters. The molecule has 1 aromatic carbocycles. The van der Waals surface area contributed by atoms with Crippen LogP contribution in [0.4, 0.5) is 0 Å². The first-order valence-electron chi connectivity index (χ1n) is 9.66. The molecule has 0 aliphatic heterocycles. The number of esters is 1. The third-order valence-electron chi connectivity index (χ3n) is 4.32. The molecule has 0 fully saturated rings. The molecule has 3 rings (SSSR count). The van der Waals surface area contributed by atoms with Crippen LogP contribution in [0, 0.1) is 5.92 Å². The summed E-state index contributed by atoms with van der Waals surface area (Å²) in [5.74, 6) is -0.519. The molecule has 2 heterocycles. The second-order valence-electron chi connectivity index (χ2n) is 6.89. The molecule has 0 aliphatic carbocycles. The Hall–Kier alpha value is -2.71. The maximum atomic E-state index is 12.8. The lowest BCUT2D eigenvalue weighted by Crippen LogP contribution is -2.45. The van der Waals surface area contributed by atoms with Crippen molar-refractivity contribution in [1.82, 2.24) is 10.3 Å². The second-order valence-corrected chi connectivity index (χ2v) is 8.53. The van der Waals surface area contributed by atoms with Crippen molar-refractivity contribution < 1.29 is 19.1 Å². The number of carbonyl (C=O) groups is 2. The first kappa shape index (κ1) is 22.0. The number of hydrogen-bond acceptors (Lipinski definition) is 7. The van der Waals surface area contributed by atoms with Gasteiger partial charge in [-0.05, 0) is 36.4 Å². The average Bonchev–Trinajstić information content (AvgIpc) is 3.42. The molecule has 6 nitrogen and oxygen atoms in total. The van der Waals surface area contributed by atoms with Crippen molar-refractivity contribution in [2.75, 3.05) is 6.61 Å². The van der Waals surface area contributed by atoms with Gasteiger partial charge in [0.05, 0.1) is 17.9 Å². The molecule has 0 spiro atoms. The van der Waals surface area contributed by atoms with Crippen LogP contribution in [0.5, 0.6) is 5.75 Å². The van der Waals surface area contributed by atoms with Gasteiger partial charge in [0.25, 0.3) is 5.91 Å². The number of benzene rings is 1. The van der Waals surface area contributed by atoms with Crippen molar-refractivity contribution >= 4 is 34.6 Å². The van der Waals surface area contributed by atoms with E-state index in [0.717, 1.165) is 10.6 Å². The van der Waals surface area contributed by atoms with Crippen LogP contribution in [-0.2, 0) is 16.1 Å². The zero-order chi connectivity index (χ0) is 21.5. The van der Waals surface area contributed by atoms with Crippen LogP contribution in [0.25, 0.3) is 10.6 Å². The zero-order valence-corrected chi connectivity index (χ0v) is 18.7. The molecule has 2 aromatic heterocycles. The Kier molecular flexibility index (Phi) is 7.59. The Labute approximate surface area is 183 Å². The molecule has 0 saturated carbocycles. The SMILES string of the molecule is CCOc1ccccc1C(=O)N[C@H](C(=O)OCc1csc(-c2ccsc2)n1)C(C)C. The number of thiophene rings is 1. The minimum Gasteiger partial charge on any atom is -0.493 e. The maximum absolute atomic E-state index is 12.8. The van der Waals surface area contributed by atoms with Crippen molar-refractivity contribution in [3.05, 3.63) is 57.7 Å². The van der Waals surface area contributed by atoms with E-state index in [1.807, 2.05) is 43.0 Å². The highest BCUT2D eigenvalue weighted by atomic mass is 32.1. The van der Waals surface area contributed by atoms with E-state index in [9.17, 15) is 9.59 Å². The van der Waals surface area contributed by atoms with E-state index in [-0.39, 0.29) is 18.4 Å². The Morgan fingerprint density at radius 2 is 1.97 bits per heavy atom. The Morgan fingerprint density at radius 3 is 2.67 bits per heavy atom. The molecule has 0 radical (unpaired) electrons. The quantitative estimate of drug-likeness (QED) is 0.481. The monoisotopic (exact) mass is 444 g/mol. The molecule has 1 atom stereocenters. The van der Waals surface area contributed by atoms with Gasteiger partial charge in [-0.3, -0.25) is 4.79 Å². The number of hydrogen-bond donors (Lipinski definition) is 1. The van der Waals surface area contributed by atoms with E-state index in [4.69, 9.17) is 9.47 Å². The van der Waals surface area contributed by atoms with Gasteiger partial charge in [0, 0.05) is 16.3 Å². The number of nitrogens with zero attached hydrogens (tertiary/aromatic N) is 1. The highest BCUT2D eigenvalue weighted by Crippen LogP contribution is 2.26. The van der Waals surface area contributed by atoms with Gasteiger partial charge in [0.1, 0.15) is 23.4 Å². The summed E-state index contributed by atoms with van der Waals surface area (Å²) in [6.07, 6.45) is 0. The van der Waals surface area contributed by atoms with Crippen molar-refractivity contribution in [3.8, 4) is 16.3 Å². The van der Waals surface area contributed by atoms with Crippen molar-refractivity contribution in [2.24, 2.45) is 5.92 Å². The summed E-state index contributed by atoms with van der Waals surface area (Å²) in [5.41, 5.74) is 2.13. The highest BCUT2D eigenvalue weighted by Gasteiger charge is 2.27. The van der Waals surface area contributed by atoms with Gasteiger partial charge < -0.3 is 14.8 Å². The number of carbonyl (C=O) groups excluding carboxylic acids is 2. The van der Waals surface area contributed by atoms with Crippen LogP contribution in [0.1, 0.15) is 36.8 Å². The molecule has 30 heavy (non-hydrogen) atoms. The van der Waals surface area contributed by atoms with E-state index >= 15 is 0 Å². The van der Waals surface area contributed by atoms with Gasteiger partial charge in [0.2, 0.25) is 0 Å². The summed E-state index contributed by atoms with van der Waals surface area (Å²) in [4.78, 5) is 30.0. The van der Waals surface area contributed by atoms with Crippen molar-refractivity contribution in [3.63, 3.8) is 0 Å². The van der Waals surface area contributed by atoms with Crippen LogP contribution in [0.2, 0.25) is 0 Å². The minimum absolute atomic E-state index is 0.0636. The van der Waals surface area contributed by atoms with Crippen LogP contribution in [0.15, 0.2) is 46.5 Å². The number of thiazole rings is 1. The van der Waals surface area contributed by atoms with Crippen LogP contribution >= 0.6 is 22.7 Å². The Bertz CT molecular complexity index is 983. The number of para-hydroxylation sites is 1. The summed E-state index contributed by atoms with van der Waals surface area (Å²) in [7, 11) is 0. The summed E-state index contributed by atoms with van der Waals surface area (Å²) >= 11 is 3.12. The summed E-state index contributed by atoms with van der Waals surface area (Å²) in [5, 5.41) is 9.58. The second kappa shape index (κ2) is 10.4. The van der Waals surface area contributed by atoms with Gasteiger partial charge >= 0.3 is 5.97 Å². The lowest BCUT2D eigenvalue weighted by molar-refractivity contribution is -0.148. The summed E-state index contributed by atoms with van der Waals surface area (Å²) < 4.78 is 11.0. The van der Waals surface area contributed by atoms with Crippen LogP contribution < -0.4 is 10.1 Å². The van der Waals surface area contributed by atoms with Gasteiger partial charge in [-0.1, -0.05) is 26.0 Å². The zero-order valence-electron chi connectivity index (χ0n) is 17.1. The topological polar surface area (TPSA) is 77.5 Å². The third-order valence-corrected chi connectivity index (χ3v) is 5.94. The fourth-order valence-corrected chi connectivity index (χ4v) is 4.30. The first-order chi connectivity index (χ1) is 14.5. The number of ether oxygens (including phenoxy) is 2. The number of rotatable bonds is 9. The summed E-state index contributed by atoms with van der Waals surface area (Å²) in [6, 6.07) is 8.19. The fourth-order valence-electron chi connectivity index (χ4n) is 2.78. The van der Waals surface area contributed by atoms with Gasteiger partial charge in [-0.2, -0.15) is 11.3 Å². The van der Waals surface area contributed by atoms with Crippen molar-refractivity contribution in [1.29, 1.82) is 0 Å². The molecule has 0 saturated heterocycles. The molecule has 8 heteroatoms. The lowest BCUT2D eigenvalue weighted by Gasteiger charge is -2.21. The number of nitrogens with one attached hydrogen (secondary N) is 1. The molecule has 0 bridgehead atoms. The molecule has 1 N–H and O–H groups in total. The maximum Gasteiger partial charge on any atom is 0.329 e. The van der Waals surface area contributed by atoms with E-state index in [1.165, 1.54) is 11.3 Å². The predicted molar refractivity (Wildman–Crippen MR) is 119 cm³/mol. The molecule has 1 amide bonds. The minimum atomic E-state index is -0.776. The number of amides is 1.